The van der Waals surface area contributed by atoms with Gasteiger partial charge in [-0.1, -0.05) is 44.2 Å². The molecule has 2 aromatic heterocycles. The lowest BCUT2D eigenvalue weighted by Gasteiger charge is -2.36. The highest BCUT2D eigenvalue weighted by molar-refractivity contribution is 7.13. The van der Waals surface area contributed by atoms with Crippen LogP contribution in [-0.4, -0.2) is 47.2 Å². The lowest BCUT2D eigenvalue weighted by Crippen LogP contribution is -2.50. The molecule has 0 unspecified atom stereocenters. The van der Waals surface area contributed by atoms with E-state index >= 15 is 0 Å². The Morgan fingerprint density at radius 3 is 2.38 bits per heavy atom. The molecular weight excluding hydrogens is 344 g/mol. The Labute approximate surface area is 157 Å². The predicted molar refractivity (Wildman–Crippen MR) is 106 cm³/mol. The molecule has 1 amide bonds. The molecule has 1 aromatic carbocycles. The Hall–Kier alpha value is -2.47. The first-order valence-electron chi connectivity index (χ1n) is 8.98. The molecule has 134 valence electrons. The third-order valence-corrected chi connectivity index (χ3v) is 5.68. The van der Waals surface area contributed by atoms with Crippen LogP contribution in [0.15, 0.2) is 41.8 Å². The molecule has 0 N–H and O–H groups in total. The number of hydrogen-bond acceptors (Lipinski definition) is 5. The van der Waals surface area contributed by atoms with Gasteiger partial charge in [-0.15, -0.1) is 21.5 Å². The van der Waals surface area contributed by atoms with E-state index < -0.39 is 0 Å². The molecule has 1 saturated heterocycles. The van der Waals surface area contributed by atoms with E-state index in [4.69, 9.17) is 0 Å². The van der Waals surface area contributed by atoms with Crippen LogP contribution >= 0.6 is 11.3 Å². The molecule has 6 heteroatoms. The maximum atomic E-state index is 12.2. The zero-order valence-corrected chi connectivity index (χ0v) is 15.9. The molecule has 0 atom stereocenters. The van der Waals surface area contributed by atoms with Gasteiger partial charge in [0.1, 0.15) is 5.69 Å². The molecule has 5 nitrogen and oxygen atoms in total. The largest absolute Gasteiger partial charge is 0.351 e. The van der Waals surface area contributed by atoms with E-state index in [1.807, 2.05) is 36.9 Å². The zero-order valence-electron chi connectivity index (χ0n) is 15.1. The van der Waals surface area contributed by atoms with Crippen molar-refractivity contribution in [1.82, 2.24) is 15.1 Å². The van der Waals surface area contributed by atoms with E-state index in [9.17, 15) is 4.79 Å². The Kier molecular flexibility index (Phi) is 4.59. The van der Waals surface area contributed by atoms with Crippen LogP contribution in [-0.2, 0) is 4.79 Å². The van der Waals surface area contributed by atoms with Crippen LogP contribution in [0, 0.1) is 5.92 Å². The molecule has 3 aromatic rings. The number of nitrogens with zero attached hydrogens (tertiary/aromatic N) is 4. The predicted octanol–water partition coefficient (Wildman–Crippen LogP) is 3.66. The Morgan fingerprint density at radius 1 is 1.00 bits per heavy atom. The molecule has 0 bridgehead atoms. The molecule has 0 spiro atoms. The van der Waals surface area contributed by atoms with Crippen molar-refractivity contribution in [1.29, 1.82) is 0 Å². The minimum atomic E-state index is 0.0484. The second-order valence-corrected chi connectivity index (χ2v) is 7.81. The number of piperazine rings is 1. The third-order valence-electron chi connectivity index (χ3n) is 4.81. The standard InChI is InChI=1S/C20H22N4OS/c1-14(2)20(25)24-11-9-23(10-12-24)19-16-7-4-3-6-15(16)18(21-22-19)17-8-5-13-26-17/h3-8,13-14H,9-12H2,1-2H3. The topological polar surface area (TPSA) is 49.3 Å². The minimum Gasteiger partial charge on any atom is -0.351 e. The van der Waals surface area contributed by atoms with E-state index in [2.05, 4.69) is 38.7 Å². The van der Waals surface area contributed by atoms with Crippen molar-refractivity contribution in [2.24, 2.45) is 5.92 Å². The molecule has 4 rings (SSSR count). The third kappa shape index (κ3) is 3.05. The highest BCUT2D eigenvalue weighted by Crippen LogP contribution is 2.33. The van der Waals surface area contributed by atoms with E-state index in [0.717, 1.165) is 53.3 Å². The highest BCUT2D eigenvalue weighted by atomic mass is 32.1. The van der Waals surface area contributed by atoms with Crippen LogP contribution in [0.25, 0.3) is 21.3 Å². The number of aromatic nitrogens is 2. The summed E-state index contributed by atoms with van der Waals surface area (Å²) < 4.78 is 0. The number of thiophene rings is 1. The monoisotopic (exact) mass is 366 g/mol. The van der Waals surface area contributed by atoms with Crippen LogP contribution in [0.2, 0.25) is 0 Å². The quantitative estimate of drug-likeness (QED) is 0.710. The van der Waals surface area contributed by atoms with Crippen molar-refractivity contribution in [3.63, 3.8) is 0 Å². The average molecular weight is 366 g/mol. The van der Waals surface area contributed by atoms with Crippen LogP contribution in [0.1, 0.15) is 13.8 Å². The lowest BCUT2D eigenvalue weighted by molar-refractivity contribution is -0.134. The fourth-order valence-electron chi connectivity index (χ4n) is 3.42. The molecule has 0 saturated carbocycles. The molecule has 1 aliphatic rings. The minimum absolute atomic E-state index is 0.0484. The van der Waals surface area contributed by atoms with Crippen LogP contribution in [0.3, 0.4) is 0 Å². The zero-order chi connectivity index (χ0) is 18.1. The van der Waals surface area contributed by atoms with Crippen molar-refractivity contribution in [2.75, 3.05) is 31.1 Å². The molecular formula is C20H22N4OS. The summed E-state index contributed by atoms with van der Waals surface area (Å²) in [4.78, 5) is 17.5. The maximum Gasteiger partial charge on any atom is 0.225 e. The van der Waals surface area contributed by atoms with Gasteiger partial charge < -0.3 is 9.80 Å². The van der Waals surface area contributed by atoms with E-state index in [0.29, 0.717) is 0 Å². The molecule has 1 aliphatic heterocycles. The summed E-state index contributed by atoms with van der Waals surface area (Å²) in [5.41, 5.74) is 0.938. The molecule has 26 heavy (non-hydrogen) atoms. The molecule has 1 fully saturated rings. The molecule has 3 heterocycles. The van der Waals surface area contributed by atoms with Gasteiger partial charge in [-0.3, -0.25) is 4.79 Å². The Balaban J connectivity index is 1.65. The van der Waals surface area contributed by atoms with Gasteiger partial charge >= 0.3 is 0 Å². The van der Waals surface area contributed by atoms with Gasteiger partial charge in [0, 0.05) is 42.9 Å². The van der Waals surface area contributed by atoms with Crippen molar-refractivity contribution in [3.8, 4) is 10.6 Å². The number of hydrogen-bond donors (Lipinski definition) is 0. The van der Waals surface area contributed by atoms with Gasteiger partial charge in [-0.25, -0.2) is 0 Å². The normalized spacial score (nSPS) is 15.0. The van der Waals surface area contributed by atoms with E-state index in [1.165, 1.54) is 0 Å². The van der Waals surface area contributed by atoms with Crippen LogP contribution in [0.4, 0.5) is 5.82 Å². The van der Waals surface area contributed by atoms with Gasteiger partial charge in [0.05, 0.1) is 4.88 Å². The van der Waals surface area contributed by atoms with Gasteiger partial charge in [-0.2, -0.15) is 0 Å². The number of amides is 1. The van der Waals surface area contributed by atoms with Crippen LogP contribution in [0.5, 0.6) is 0 Å². The summed E-state index contributed by atoms with van der Waals surface area (Å²) in [7, 11) is 0. The van der Waals surface area contributed by atoms with E-state index in [1.54, 1.807) is 11.3 Å². The first kappa shape index (κ1) is 17.0. The maximum absolute atomic E-state index is 12.2. The smallest absolute Gasteiger partial charge is 0.225 e. The van der Waals surface area contributed by atoms with Crippen molar-refractivity contribution in [2.45, 2.75) is 13.8 Å². The second-order valence-electron chi connectivity index (χ2n) is 6.86. The Bertz CT molecular complexity index is 915. The number of carbonyl (C=O) groups excluding carboxylic acids is 1. The van der Waals surface area contributed by atoms with Gasteiger partial charge in [0.15, 0.2) is 5.82 Å². The summed E-state index contributed by atoms with van der Waals surface area (Å²) in [5, 5.41) is 13.4. The highest BCUT2D eigenvalue weighted by Gasteiger charge is 2.25. The average Bonchev–Trinajstić information content (AvgIpc) is 3.21. The van der Waals surface area contributed by atoms with Crippen molar-refractivity contribution >= 4 is 33.8 Å². The van der Waals surface area contributed by atoms with Gasteiger partial charge in [0.25, 0.3) is 0 Å². The SMILES string of the molecule is CC(C)C(=O)N1CCN(c2nnc(-c3cccs3)c3ccccc23)CC1. The first-order valence-corrected chi connectivity index (χ1v) is 9.86. The first-order chi connectivity index (χ1) is 12.6. The fourth-order valence-corrected chi connectivity index (χ4v) is 4.15. The summed E-state index contributed by atoms with van der Waals surface area (Å²) in [6.45, 7) is 6.96. The summed E-state index contributed by atoms with van der Waals surface area (Å²) in [6, 6.07) is 12.4. The number of fused-ring (bicyclic) bond motifs is 1. The second kappa shape index (κ2) is 7.03. The summed E-state index contributed by atoms with van der Waals surface area (Å²) >= 11 is 1.68. The summed E-state index contributed by atoms with van der Waals surface area (Å²) in [5.74, 6) is 1.19. The van der Waals surface area contributed by atoms with Gasteiger partial charge in [0.2, 0.25) is 5.91 Å². The van der Waals surface area contributed by atoms with Crippen molar-refractivity contribution in [3.05, 3.63) is 41.8 Å². The number of benzene rings is 1. The number of anilines is 1. The van der Waals surface area contributed by atoms with E-state index in [-0.39, 0.29) is 11.8 Å². The Morgan fingerprint density at radius 2 is 1.73 bits per heavy atom. The number of carbonyl (C=O) groups is 1. The molecule has 0 radical (unpaired) electrons. The molecule has 0 aliphatic carbocycles. The fraction of sp³-hybridized carbons (Fsp3) is 0.350. The van der Waals surface area contributed by atoms with Crippen LogP contribution < -0.4 is 4.90 Å². The number of rotatable bonds is 3. The van der Waals surface area contributed by atoms with Crippen molar-refractivity contribution < 1.29 is 4.79 Å². The van der Waals surface area contributed by atoms with Gasteiger partial charge in [-0.05, 0) is 11.4 Å². The summed E-state index contributed by atoms with van der Waals surface area (Å²) in [6.07, 6.45) is 0. The lowest BCUT2D eigenvalue weighted by atomic mass is 10.1.